The standard InChI is InChI=1S/C26H29FN2O4S/c1-18(2)16-26(31)11-14-29(15-12-26)25(30)20-7-5-19(6-8-20)17-34(32,33)23-10-9-22(27)21-4-3-13-28-24(21)23/h3-10,13,18,31H,11-12,14-17H2,1-2H3. The summed E-state index contributed by atoms with van der Waals surface area (Å²) >= 11 is 0. The van der Waals surface area contributed by atoms with Crippen molar-refractivity contribution in [1.82, 2.24) is 9.88 Å². The first-order valence-electron chi connectivity index (χ1n) is 11.4. The smallest absolute Gasteiger partial charge is 0.253 e. The average molecular weight is 485 g/mol. The summed E-state index contributed by atoms with van der Waals surface area (Å²) in [6.45, 7) is 5.13. The lowest BCUT2D eigenvalue weighted by Gasteiger charge is -2.39. The van der Waals surface area contributed by atoms with E-state index in [0.29, 0.717) is 43.0 Å². The van der Waals surface area contributed by atoms with Gasteiger partial charge in [-0.05, 0) is 67.1 Å². The fourth-order valence-electron chi connectivity index (χ4n) is 4.68. The number of pyridine rings is 1. The maximum atomic E-state index is 14.1. The number of carbonyl (C=O) groups excluding carboxylic acids is 1. The van der Waals surface area contributed by atoms with Crippen molar-refractivity contribution in [2.24, 2.45) is 5.92 Å². The quantitative estimate of drug-likeness (QED) is 0.525. The van der Waals surface area contributed by atoms with Gasteiger partial charge < -0.3 is 10.0 Å². The van der Waals surface area contributed by atoms with Crippen LogP contribution in [0.15, 0.2) is 59.6 Å². The largest absolute Gasteiger partial charge is 0.390 e. The van der Waals surface area contributed by atoms with Gasteiger partial charge in [0.05, 0.1) is 21.8 Å². The van der Waals surface area contributed by atoms with Crippen LogP contribution in [-0.4, -0.2) is 48.0 Å². The topological polar surface area (TPSA) is 87.6 Å². The lowest BCUT2D eigenvalue weighted by Crippen LogP contribution is -2.47. The van der Waals surface area contributed by atoms with Crippen LogP contribution in [0.3, 0.4) is 0 Å². The normalized spacial score (nSPS) is 16.2. The minimum atomic E-state index is -3.79. The summed E-state index contributed by atoms with van der Waals surface area (Å²) in [4.78, 5) is 18.7. The molecule has 4 rings (SSSR count). The van der Waals surface area contributed by atoms with Gasteiger partial charge in [0.1, 0.15) is 5.82 Å². The molecule has 1 aromatic heterocycles. The number of amides is 1. The van der Waals surface area contributed by atoms with Crippen molar-refractivity contribution < 1.29 is 22.7 Å². The van der Waals surface area contributed by atoms with Crippen LogP contribution in [-0.2, 0) is 15.6 Å². The second-order valence-electron chi connectivity index (χ2n) is 9.52. The number of benzene rings is 2. The summed E-state index contributed by atoms with van der Waals surface area (Å²) in [6, 6.07) is 12.0. The Labute approximate surface area is 199 Å². The van der Waals surface area contributed by atoms with Gasteiger partial charge in [-0.25, -0.2) is 12.8 Å². The highest BCUT2D eigenvalue weighted by atomic mass is 32.2. The number of aliphatic hydroxyl groups is 1. The molecule has 0 aliphatic carbocycles. The molecule has 1 aliphatic heterocycles. The maximum Gasteiger partial charge on any atom is 0.253 e. The van der Waals surface area contributed by atoms with Gasteiger partial charge in [-0.1, -0.05) is 26.0 Å². The van der Waals surface area contributed by atoms with Crippen molar-refractivity contribution in [3.63, 3.8) is 0 Å². The summed E-state index contributed by atoms with van der Waals surface area (Å²) in [5, 5.41) is 10.9. The summed E-state index contributed by atoms with van der Waals surface area (Å²) in [5.41, 5.74) is 0.388. The second-order valence-corrected chi connectivity index (χ2v) is 11.5. The summed E-state index contributed by atoms with van der Waals surface area (Å²) in [5.74, 6) is -0.551. The molecule has 2 heterocycles. The van der Waals surface area contributed by atoms with Crippen LogP contribution in [0.25, 0.3) is 10.9 Å². The second kappa shape index (κ2) is 9.43. The highest BCUT2D eigenvalue weighted by molar-refractivity contribution is 7.90. The molecule has 0 atom stereocenters. The summed E-state index contributed by atoms with van der Waals surface area (Å²) in [7, 11) is -3.79. The molecular formula is C26H29FN2O4S. The third kappa shape index (κ3) is 5.13. The van der Waals surface area contributed by atoms with E-state index in [1.165, 1.54) is 18.3 Å². The number of hydrogen-bond donors (Lipinski definition) is 1. The zero-order chi connectivity index (χ0) is 24.5. The van der Waals surface area contributed by atoms with Gasteiger partial charge in [-0.3, -0.25) is 9.78 Å². The molecule has 1 N–H and O–H groups in total. The average Bonchev–Trinajstić information content (AvgIpc) is 2.79. The van der Waals surface area contributed by atoms with E-state index >= 15 is 0 Å². The molecule has 0 bridgehead atoms. The Hall–Kier alpha value is -2.84. The SMILES string of the molecule is CC(C)CC1(O)CCN(C(=O)c2ccc(CS(=O)(=O)c3ccc(F)c4cccnc34)cc2)CC1. The number of carbonyl (C=O) groups is 1. The Morgan fingerprint density at radius 1 is 1.12 bits per heavy atom. The Morgan fingerprint density at radius 2 is 1.79 bits per heavy atom. The van der Waals surface area contributed by atoms with Gasteiger partial charge in [-0.2, -0.15) is 0 Å². The van der Waals surface area contributed by atoms with E-state index in [1.807, 2.05) is 0 Å². The van der Waals surface area contributed by atoms with E-state index in [-0.39, 0.29) is 27.5 Å². The van der Waals surface area contributed by atoms with Gasteiger partial charge in [0.25, 0.3) is 5.91 Å². The minimum absolute atomic E-state index is 0.0214. The van der Waals surface area contributed by atoms with E-state index in [4.69, 9.17) is 0 Å². The number of likely N-dealkylation sites (tertiary alicyclic amines) is 1. The molecule has 1 saturated heterocycles. The lowest BCUT2D eigenvalue weighted by atomic mass is 9.84. The number of hydrogen-bond acceptors (Lipinski definition) is 5. The van der Waals surface area contributed by atoms with Crippen LogP contribution in [0.4, 0.5) is 4.39 Å². The van der Waals surface area contributed by atoms with E-state index < -0.39 is 21.3 Å². The predicted octanol–water partition coefficient (Wildman–Crippen LogP) is 4.36. The van der Waals surface area contributed by atoms with E-state index in [1.54, 1.807) is 35.2 Å². The number of nitrogens with zero attached hydrogens (tertiary/aromatic N) is 2. The Bertz CT molecular complexity index is 1300. The predicted molar refractivity (Wildman–Crippen MR) is 129 cm³/mol. The zero-order valence-electron chi connectivity index (χ0n) is 19.4. The first-order chi connectivity index (χ1) is 16.1. The Balaban J connectivity index is 1.46. The number of halogens is 1. The minimum Gasteiger partial charge on any atom is -0.390 e. The van der Waals surface area contributed by atoms with Crippen LogP contribution in [0.2, 0.25) is 0 Å². The van der Waals surface area contributed by atoms with Gasteiger partial charge >= 0.3 is 0 Å². The van der Waals surface area contributed by atoms with Gasteiger partial charge in [-0.15, -0.1) is 0 Å². The fourth-order valence-corrected chi connectivity index (χ4v) is 6.20. The molecule has 1 aliphatic rings. The molecule has 3 aromatic rings. The van der Waals surface area contributed by atoms with Gasteiger partial charge in [0, 0.05) is 30.2 Å². The third-order valence-electron chi connectivity index (χ3n) is 6.34. The number of fused-ring (bicyclic) bond motifs is 1. The van der Waals surface area contributed by atoms with Crippen molar-refractivity contribution in [2.45, 2.75) is 49.4 Å². The van der Waals surface area contributed by atoms with Crippen molar-refractivity contribution in [3.8, 4) is 0 Å². The molecule has 34 heavy (non-hydrogen) atoms. The molecular weight excluding hydrogens is 455 g/mol. The molecule has 0 radical (unpaired) electrons. The van der Waals surface area contributed by atoms with Crippen LogP contribution in [0.5, 0.6) is 0 Å². The number of rotatable bonds is 6. The van der Waals surface area contributed by atoms with Crippen molar-refractivity contribution in [2.75, 3.05) is 13.1 Å². The van der Waals surface area contributed by atoms with Gasteiger partial charge in [0.15, 0.2) is 9.84 Å². The van der Waals surface area contributed by atoms with E-state index in [2.05, 4.69) is 18.8 Å². The molecule has 2 aromatic carbocycles. The maximum absolute atomic E-state index is 14.1. The van der Waals surface area contributed by atoms with Crippen LogP contribution >= 0.6 is 0 Å². The molecule has 8 heteroatoms. The van der Waals surface area contributed by atoms with Crippen LogP contribution in [0.1, 0.15) is 49.0 Å². The molecule has 0 unspecified atom stereocenters. The highest BCUT2D eigenvalue weighted by Crippen LogP contribution is 2.30. The van der Waals surface area contributed by atoms with Crippen molar-refractivity contribution >= 4 is 26.6 Å². The monoisotopic (exact) mass is 484 g/mol. The third-order valence-corrected chi connectivity index (χ3v) is 8.05. The summed E-state index contributed by atoms with van der Waals surface area (Å²) in [6.07, 6.45) is 3.25. The first-order valence-corrected chi connectivity index (χ1v) is 13.1. The molecule has 6 nitrogen and oxygen atoms in total. The van der Waals surface area contributed by atoms with Crippen LogP contribution < -0.4 is 0 Å². The highest BCUT2D eigenvalue weighted by Gasteiger charge is 2.34. The lowest BCUT2D eigenvalue weighted by molar-refractivity contribution is -0.0311. The Morgan fingerprint density at radius 3 is 2.44 bits per heavy atom. The van der Waals surface area contributed by atoms with E-state index in [0.717, 1.165) is 12.5 Å². The molecule has 0 saturated carbocycles. The zero-order valence-corrected chi connectivity index (χ0v) is 20.2. The summed E-state index contributed by atoms with van der Waals surface area (Å²) < 4.78 is 40.2. The number of sulfone groups is 1. The molecule has 180 valence electrons. The first kappa shape index (κ1) is 24.3. The van der Waals surface area contributed by atoms with Crippen molar-refractivity contribution in [1.29, 1.82) is 0 Å². The van der Waals surface area contributed by atoms with Crippen molar-refractivity contribution in [3.05, 3.63) is 71.7 Å². The van der Waals surface area contributed by atoms with Gasteiger partial charge in [0.2, 0.25) is 0 Å². The number of piperidine rings is 1. The fraction of sp³-hybridized carbons (Fsp3) is 0.385. The molecule has 1 fully saturated rings. The molecule has 1 amide bonds. The van der Waals surface area contributed by atoms with Crippen LogP contribution in [0, 0.1) is 11.7 Å². The van der Waals surface area contributed by atoms with E-state index in [9.17, 15) is 22.7 Å². The number of aromatic nitrogens is 1. The molecule has 0 spiro atoms. The Kier molecular flexibility index (Phi) is 6.73.